The molecule has 106 heavy (non-hydrogen) atoms. The van der Waals surface area contributed by atoms with Crippen LogP contribution in [0.4, 0.5) is 0 Å². The van der Waals surface area contributed by atoms with Crippen molar-refractivity contribution in [3.63, 3.8) is 0 Å². The number of fused-ring (bicyclic) bond motifs is 1. The van der Waals surface area contributed by atoms with Gasteiger partial charge < -0.3 is 90.6 Å². The smallest absolute Gasteiger partial charge is 0.325 e. The summed E-state index contributed by atoms with van der Waals surface area (Å²) in [6, 6.07) is 31.4. The third kappa shape index (κ3) is 25.8. The van der Waals surface area contributed by atoms with Gasteiger partial charge in [0.2, 0.25) is 59.1 Å². The first-order valence-electron chi connectivity index (χ1n) is 35.0. The molecule has 0 radical (unpaired) electrons. The Bertz CT molecular complexity index is 4050. The number of carboxylic acids is 1. The van der Waals surface area contributed by atoms with Crippen LogP contribution >= 0.6 is 0 Å². The van der Waals surface area contributed by atoms with Gasteiger partial charge in [0.25, 0.3) is 0 Å². The summed E-state index contributed by atoms with van der Waals surface area (Å²) in [4.78, 5) is 167. The van der Waals surface area contributed by atoms with Crippen LogP contribution in [-0.2, 0) is 84.8 Å². The number of aliphatic hydroxyl groups is 1. The number of amides is 10. The van der Waals surface area contributed by atoms with Crippen LogP contribution in [0.3, 0.4) is 0 Å². The number of carbonyl (C=O) groups excluding carboxylic acids is 10. The van der Waals surface area contributed by atoms with Crippen LogP contribution in [0.5, 0.6) is 5.75 Å². The van der Waals surface area contributed by atoms with E-state index in [0.29, 0.717) is 28.7 Å². The van der Waals surface area contributed by atoms with Crippen LogP contribution in [0.1, 0.15) is 87.1 Å². The number of rotatable bonds is 39. The Kier molecular flexibility index (Phi) is 31.3. The van der Waals surface area contributed by atoms with Gasteiger partial charge in [0.05, 0.1) is 12.6 Å². The summed E-state index contributed by atoms with van der Waals surface area (Å²) in [7, 11) is 0. The van der Waals surface area contributed by atoms with Gasteiger partial charge in [-0.1, -0.05) is 146 Å². The van der Waals surface area contributed by atoms with E-state index in [1.165, 1.54) is 43.0 Å². The van der Waals surface area contributed by atoms with Crippen molar-refractivity contribution in [2.45, 2.75) is 152 Å². The van der Waals surface area contributed by atoms with Crippen LogP contribution in [0.25, 0.3) is 10.8 Å². The predicted octanol–water partition coefficient (Wildman–Crippen LogP) is 0.369. The highest BCUT2D eigenvalue weighted by Crippen LogP contribution is 2.23. The van der Waals surface area contributed by atoms with Crippen molar-refractivity contribution in [1.29, 1.82) is 0 Å². The first kappa shape index (κ1) is 81.3. The Balaban J connectivity index is 1.17. The summed E-state index contributed by atoms with van der Waals surface area (Å²) in [5.74, 6) is -9.61. The summed E-state index contributed by atoms with van der Waals surface area (Å²) >= 11 is 0. The number of phenols is 1. The van der Waals surface area contributed by atoms with Crippen molar-refractivity contribution in [2.24, 2.45) is 32.9 Å². The quantitative estimate of drug-likeness (QED) is 0.0141. The molecule has 564 valence electrons. The van der Waals surface area contributed by atoms with Crippen molar-refractivity contribution in [3.05, 3.63) is 186 Å². The van der Waals surface area contributed by atoms with Gasteiger partial charge in [-0.05, 0) is 96.2 Å². The zero-order valence-corrected chi connectivity index (χ0v) is 59.5. The summed E-state index contributed by atoms with van der Waals surface area (Å²) < 4.78 is 0. The molecule has 0 bridgehead atoms. The fraction of sp³-hybridized carbons (Fsp3) is 0.382. The molecule has 6 aromatic carbocycles. The second kappa shape index (κ2) is 40.8. The number of aliphatic hydroxyl groups excluding tert-OH is 1. The molecule has 0 unspecified atom stereocenters. The van der Waals surface area contributed by atoms with Crippen LogP contribution in [-0.4, -0.2) is 195 Å². The Hall–Kier alpha value is -11.9. The van der Waals surface area contributed by atoms with E-state index in [9.17, 15) is 58.5 Å². The standard InChI is InChI=1S/C76H96N16O14/c1-46(74(105)106)83-71(102)64-28-17-37-91(64)73(104)59(27-16-36-82-76(79)80)87-69(100)62(40-50-20-9-5-10-21-50)88-66(97)58(26-15-35-81-75(77)78)86-72(103)65(43-52-30-33-57(96)34-31-52)92(48(3)95)44-56(45-93)85-67(98)61(39-49-18-7-4-8-19-49)89-70(101)63(41-51-22-11-6-12-23-51)90-68(99)60(84-47(2)94)42-53-29-32-54-24-13-14-25-55(54)38-53/h4-14,18-25,29-34,38,46,56,58-65,93,96H,15-17,26-28,35-37,39-45H2,1-3H3,(H,83,102)(H,84,94)(H,85,98)(H,86,103)(H,87,100)(H,88,97)(H,89,101)(H,90,99)(H,105,106)(H4,77,78,81)(H4,79,80,82)/t46-,56+,58-,59-,60-,61-,62-,63-,64+,65-/m0/s1. The molecule has 30 heteroatoms. The number of likely N-dealkylation sites (tertiary alicyclic amines) is 1. The summed E-state index contributed by atoms with van der Waals surface area (Å²) in [5.41, 5.74) is 25.5. The van der Waals surface area contributed by atoms with E-state index in [1.807, 2.05) is 42.5 Å². The molecule has 7 rings (SSSR count). The minimum Gasteiger partial charge on any atom is -0.508 e. The van der Waals surface area contributed by atoms with Crippen molar-refractivity contribution in [1.82, 2.24) is 52.3 Å². The molecule has 0 aliphatic carbocycles. The molecule has 30 nitrogen and oxygen atoms in total. The summed E-state index contributed by atoms with van der Waals surface area (Å²) in [5, 5.41) is 54.8. The van der Waals surface area contributed by atoms with E-state index in [1.54, 1.807) is 91.0 Å². The minimum absolute atomic E-state index is 0.0335. The van der Waals surface area contributed by atoms with E-state index in [4.69, 9.17) is 22.9 Å². The lowest BCUT2D eigenvalue weighted by Gasteiger charge is -2.34. The zero-order chi connectivity index (χ0) is 76.8. The maximum atomic E-state index is 15.4. The van der Waals surface area contributed by atoms with Crippen molar-refractivity contribution in [3.8, 4) is 5.75 Å². The molecular weight excluding hydrogens is 1360 g/mol. The number of nitrogens with zero attached hydrogens (tertiary/aromatic N) is 4. The van der Waals surface area contributed by atoms with Crippen molar-refractivity contribution >= 4 is 87.7 Å². The van der Waals surface area contributed by atoms with Gasteiger partial charge in [-0.25, -0.2) is 0 Å². The van der Waals surface area contributed by atoms with Crippen molar-refractivity contribution in [2.75, 3.05) is 32.8 Å². The third-order valence-corrected chi connectivity index (χ3v) is 17.8. The minimum atomic E-state index is -1.57. The number of aromatic hydroxyl groups is 1. The Morgan fingerprint density at radius 2 is 0.925 bits per heavy atom. The second-order valence-corrected chi connectivity index (χ2v) is 26.1. The van der Waals surface area contributed by atoms with Crippen LogP contribution < -0.4 is 65.5 Å². The Morgan fingerprint density at radius 1 is 0.500 bits per heavy atom. The van der Waals surface area contributed by atoms with Gasteiger partial charge in [0, 0.05) is 72.1 Å². The van der Waals surface area contributed by atoms with E-state index in [2.05, 4.69) is 52.5 Å². The summed E-state index contributed by atoms with van der Waals surface area (Å²) in [6.45, 7) is 2.37. The Morgan fingerprint density at radius 3 is 1.41 bits per heavy atom. The van der Waals surface area contributed by atoms with Crippen LogP contribution in [0.2, 0.25) is 0 Å². The van der Waals surface area contributed by atoms with Crippen molar-refractivity contribution < 1.29 is 68.1 Å². The molecule has 1 fully saturated rings. The van der Waals surface area contributed by atoms with E-state index < -0.39 is 139 Å². The number of nitrogens with one attached hydrogen (secondary N) is 8. The molecule has 0 spiro atoms. The first-order valence-corrected chi connectivity index (χ1v) is 35.0. The second-order valence-electron chi connectivity index (χ2n) is 26.1. The number of nitrogens with two attached hydrogens (primary N) is 4. The molecule has 1 saturated heterocycles. The predicted molar refractivity (Wildman–Crippen MR) is 397 cm³/mol. The number of carbonyl (C=O) groups is 11. The topological polar surface area (TPSA) is 480 Å². The maximum Gasteiger partial charge on any atom is 0.325 e. The number of carboxylic acid groups (broad SMARTS) is 1. The van der Waals surface area contributed by atoms with E-state index in [-0.39, 0.29) is 102 Å². The molecule has 10 atom stereocenters. The maximum absolute atomic E-state index is 15.4. The summed E-state index contributed by atoms with van der Waals surface area (Å²) in [6.07, 6.45) is -0.0825. The number of aliphatic imine (C=N–C) groups is 2. The average molecular weight is 1460 g/mol. The normalized spacial score (nSPS) is 15.0. The molecule has 1 aliphatic rings. The first-order chi connectivity index (χ1) is 50.7. The Labute approximate surface area is 614 Å². The molecule has 1 aliphatic heterocycles. The monoisotopic (exact) mass is 1460 g/mol. The SMILES string of the molecule is CC(=O)N[C@@H](Cc1ccc2ccccc2c1)C(=O)N[C@@H](Cc1ccccc1)C(=O)N[C@@H](Cc1ccccc1)C(=O)N[C@@H](CO)CN(C(C)=O)[C@@H](Cc1ccc(O)cc1)C(=O)N[C@@H](CCCN=C(N)N)C(=O)N[C@@H](Cc1ccccc1)C(=O)N[C@@H](CCCN=C(N)N)C(=O)N1CCC[C@@H]1C(=O)N[C@@H](C)C(=O)O. The van der Waals surface area contributed by atoms with Gasteiger partial charge in [-0.3, -0.25) is 62.7 Å². The fourth-order valence-electron chi connectivity index (χ4n) is 12.4. The number of hydrogen-bond acceptors (Lipinski definition) is 15. The molecule has 0 saturated carbocycles. The lowest BCUT2D eigenvalue weighted by Crippen LogP contribution is -2.61. The number of benzene rings is 6. The lowest BCUT2D eigenvalue weighted by atomic mass is 9.99. The van der Waals surface area contributed by atoms with Crippen LogP contribution in [0.15, 0.2) is 168 Å². The van der Waals surface area contributed by atoms with Gasteiger partial charge in [0.1, 0.15) is 60.1 Å². The average Bonchev–Trinajstić information content (AvgIpc) is 1.48. The molecule has 0 aromatic heterocycles. The number of phenolic OH excluding ortho intramolecular Hbond substituents is 1. The van der Waals surface area contributed by atoms with Crippen LogP contribution in [0, 0.1) is 0 Å². The van der Waals surface area contributed by atoms with E-state index in [0.717, 1.165) is 28.2 Å². The highest BCUT2D eigenvalue weighted by atomic mass is 16.4. The fourth-order valence-corrected chi connectivity index (χ4v) is 12.4. The lowest BCUT2D eigenvalue weighted by molar-refractivity contribution is -0.144. The van der Waals surface area contributed by atoms with Gasteiger partial charge in [-0.15, -0.1) is 0 Å². The molecule has 1 heterocycles. The van der Waals surface area contributed by atoms with E-state index >= 15 is 9.59 Å². The number of hydrogen-bond donors (Lipinski definition) is 15. The van der Waals surface area contributed by atoms with Gasteiger partial charge in [-0.2, -0.15) is 0 Å². The molecule has 19 N–H and O–H groups in total. The third-order valence-electron chi connectivity index (χ3n) is 17.8. The molecular formula is C76H96N16O14. The molecule has 10 amide bonds. The largest absolute Gasteiger partial charge is 0.508 e. The molecule has 6 aromatic rings. The highest BCUT2D eigenvalue weighted by Gasteiger charge is 2.41. The number of guanidine groups is 2. The zero-order valence-electron chi connectivity index (χ0n) is 59.5. The van der Waals surface area contributed by atoms with Gasteiger partial charge in [0.15, 0.2) is 11.9 Å². The van der Waals surface area contributed by atoms with Gasteiger partial charge >= 0.3 is 5.97 Å². The highest BCUT2D eigenvalue weighted by molar-refractivity contribution is 5.98. The number of aliphatic carboxylic acids is 1.